The van der Waals surface area contributed by atoms with Crippen molar-refractivity contribution in [1.82, 2.24) is 42.5 Å². The summed E-state index contributed by atoms with van der Waals surface area (Å²) >= 11 is 0. The van der Waals surface area contributed by atoms with Gasteiger partial charge in [-0.25, -0.2) is 0 Å². The van der Waals surface area contributed by atoms with Crippen LogP contribution in [0.1, 0.15) is 81.1 Å². The van der Waals surface area contributed by atoms with Crippen LogP contribution in [0.15, 0.2) is 4.99 Å². The van der Waals surface area contributed by atoms with Gasteiger partial charge in [-0.2, -0.15) is 0 Å². The molecule has 0 unspecified atom stereocenters. The first kappa shape index (κ1) is 51.0. The van der Waals surface area contributed by atoms with Crippen molar-refractivity contribution in [3.8, 4) is 0 Å². The van der Waals surface area contributed by atoms with Gasteiger partial charge in [-0.15, -0.1) is 0 Å². The maximum Gasteiger partial charge on any atom is 0.245 e. The second-order valence-corrected chi connectivity index (χ2v) is 13.8. The molecule has 0 saturated carbocycles. The van der Waals surface area contributed by atoms with Gasteiger partial charge >= 0.3 is 0 Å². The quantitative estimate of drug-likeness (QED) is 0.0226. The second-order valence-electron chi connectivity index (χ2n) is 13.8. The molecule has 21 heteroatoms. The largest absolute Gasteiger partial charge is 0.394 e. The van der Waals surface area contributed by atoms with Gasteiger partial charge in [0.05, 0.1) is 19.8 Å². The fraction of sp³-hybridized carbons (Fsp3) is 0.743. The molecule has 0 bridgehead atoms. The van der Waals surface area contributed by atoms with Crippen LogP contribution in [0, 0.1) is 17.8 Å². The van der Waals surface area contributed by atoms with E-state index in [0.29, 0.717) is 25.8 Å². The Morgan fingerprint density at radius 1 is 0.589 bits per heavy atom. The molecule has 0 aromatic carbocycles. The Balaban J connectivity index is 5.93. The van der Waals surface area contributed by atoms with Crippen LogP contribution < -0.4 is 54.0 Å². The van der Waals surface area contributed by atoms with Crippen molar-refractivity contribution >= 4 is 53.2 Å². The normalized spacial score (nSPS) is 15.2. The molecule has 0 spiro atoms. The Kier molecular flexibility index (Phi) is 24.3. The van der Waals surface area contributed by atoms with Crippen LogP contribution in [-0.4, -0.2) is 133 Å². The number of aliphatic hydroxyl groups excluding tert-OH is 2. The number of hydrogen-bond acceptors (Lipinski definition) is 11. The summed E-state index contributed by atoms with van der Waals surface area (Å²) in [7, 11) is 0. The number of carbonyl (C=O) groups excluding carboxylic acids is 8. The van der Waals surface area contributed by atoms with Crippen LogP contribution in [0.2, 0.25) is 0 Å². The summed E-state index contributed by atoms with van der Waals surface area (Å²) < 4.78 is 0. The Morgan fingerprint density at radius 2 is 1.04 bits per heavy atom. The molecule has 8 amide bonds. The molecule has 8 atom stereocenters. The van der Waals surface area contributed by atoms with Crippen LogP contribution in [0.5, 0.6) is 0 Å². The molecule has 0 aliphatic carbocycles. The number of aliphatic imine (C=N–C) groups is 1. The molecule has 0 heterocycles. The van der Waals surface area contributed by atoms with Gasteiger partial charge < -0.3 is 64.2 Å². The lowest BCUT2D eigenvalue weighted by molar-refractivity contribution is -0.137. The van der Waals surface area contributed by atoms with Gasteiger partial charge in [0.2, 0.25) is 47.3 Å². The van der Waals surface area contributed by atoms with Gasteiger partial charge in [-0.1, -0.05) is 54.4 Å². The smallest absolute Gasteiger partial charge is 0.245 e. The highest BCUT2D eigenvalue weighted by Gasteiger charge is 2.35. The van der Waals surface area contributed by atoms with E-state index >= 15 is 0 Å². The predicted octanol–water partition coefficient (Wildman–Crippen LogP) is -4.05. The van der Waals surface area contributed by atoms with E-state index in [-0.39, 0.29) is 25.5 Å². The minimum Gasteiger partial charge on any atom is -0.394 e. The number of likely N-dealkylation sites (N-methyl/N-ethyl adjacent to an activating group) is 1. The lowest BCUT2D eigenvalue weighted by Crippen LogP contribution is -2.62. The summed E-state index contributed by atoms with van der Waals surface area (Å²) in [5.74, 6) is -7.32. The number of nitrogens with two attached hydrogens (primary N) is 2. The van der Waals surface area contributed by atoms with Crippen LogP contribution in [0.25, 0.3) is 0 Å². The van der Waals surface area contributed by atoms with E-state index in [9.17, 15) is 48.6 Å². The van der Waals surface area contributed by atoms with E-state index in [1.807, 2.05) is 0 Å². The standard InChI is InChI=1S/C35H65N11O10/c1-9-19(6)27(33(55)41-22(29(51)38-11-3)13-12-14-39-35(36)37)45-31(53)24(17-48)42-30(52)23(16-47)43-34(56)28(20(7)10-2)46-32(54)26(18(4)5)44-25(50)15-40-21(8)49/h18-20,22-24,26-28,47-48H,9-17H2,1-8H3,(H,38,51)(H,40,49)(H,41,55)(H,42,52)(H,43,56)(H,44,50)(H,45,53)(H,46,54)(H4,36,37,39)/t19-,20+,22-,23-,24-,26-,27-,28+/m0/s1. The summed E-state index contributed by atoms with van der Waals surface area (Å²) in [6.45, 7) is 11.4. The SMILES string of the molecule is CCNC(=O)[C@H](CCCN=C(N)N)NC(=O)[C@@H](NC(=O)[C@H](CO)NC(=O)[C@H](CO)NC(=O)[C@H](NC(=O)[C@@H](NC(=O)CNC(C)=O)C(C)C)[C@H](C)CC)[C@@H](C)CC. The number of nitrogens with one attached hydrogen (secondary N) is 8. The monoisotopic (exact) mass is 799 g/mol. The Labute approximate surface area is 328 Å². The van der Waals surface area contributed by atoms with Gasteiger partial charge in [-0.3, -0.25) is 43.3 Å². The topological polar surface area (TPSA) is 338 Å². The summed E-state index contributed by atoms with van der Waals surface area (Å²) in [6, 6.07) is -7.79. The van der Waals surface area contributed by atoms with E-state index < -0.39 is 114 Å². The third-order valence-electron chi connectivity index (χ3n) is 8.91. The third-order valence-corrected chi connectivity index (χ3v) is 8.91. The molecular weight excluding hydrogens is 734 g/mol. The van der Waals surface area contributed by atoms with Crippen molar-refractivity contribution in [2.45, 2.75) is 117 Å². The zero-order valence-corrected chi connectivity index (χ0v) is 33.8. The molecule has 0 aromatic heterocycles. The highest BCUT2D eigenvalue weighted by Crippen LogP contribution is 2.12. The van der Waals surface area contributed by atoms with E-state index in [1.165, 1.54) is 6.92 Å². The molecule has 0 aliphatic heterocycles. The first-order valence-electron chi connectivity index (χ1n) is 18.9. The number of rotatable bonds is 26. The minimum atomic E-state index is -1.64. The maximum atomic E-state index is 13.5. The number of aliphatic hydroxyl groups is 2. The van der Waals surface area contributed by atoms with E-state index in [1.54, 1.807) is 48.5 Å². The Bertz CT molecular complexity index is 1360. The number of nitrogens with zero attached hydrogens (tertiary/aromatic N) is 1. The van der Waals surface area contributed by atoms with Crippen LogP contribution in [-0.2, 0) is 38.4 Å². The highest BCUT2D eigenvalue weighted by atomic mass is 16.3. The van der Waals surface area contributed by atoms with Crippen LogP contribution >= 0.6 is 0 Å². The van der Waals surface area contributed by atoms with Crippen molar-refractivity contribution < 1.29 is 48.6 Å². The van der Waals surface area contributed by atoms with Crippen LogP contribution in [0.3, 0.4) is 0 Å². The second kappa shape index (κ2) is 26.7. The molecule has 0 saturated heterocycles. The molecule has 56 heavy (non-hydrogen) atoms. The van der Waals surface area contributed by atoms with Crippen molar-refractivity contribution in [3.05, 3.63) is 0 Å². The number of carbonyl (C=O) groups is 8. The first-order chi connectivity index (χ1) is 26.3. The summed E-state index contributed by atoms with van der Waals surface area (Å²) in [6.07, 6.45) is 1.34. The minimum absolute atomic E-state index is 0.124. The lowest BCUT2D eigenvalue weighted by atomic mass is 9.96. The summed E-state index contributed by atoms with van der Waals surface area (Å²) in [4.78, 5) is 107. The molecule has 0 fully saturated rings. The Hall–Kier alpha value is -5.05. The maximum absolute atomic E-state index is 13.5. The van der Waals surface area contributed by atoms with Gasteiger partial charge in [0.15, 0.2) is 5.96 Å². The van der Waals surface area contributed by atoms with Crippen molar-refractivity contribution in [1.29, 1.82) is 0 Å². The zero-order chi connectivity index (χ0) is 43.1. The average Bonchev–Trinajstić information content (AvgIpc) is 3.14. The van der Waals surface area contributed by atoms with Crippen LogP contribution in [0.4, 0.5) is 0 Å². The van der Waals surface area contributed by atoms with Gasteiger partial charge in [0.1, 0.15) is 36.3 Å². The zero-order valence-electron chi connectivity index (χ0n) is 33.8. The molecule has 0 aromatic rings. The number of hydrogen-bond donors (Lipinski definition) is 12. The number of guanidine groups is 1. The highest BCUT2D eigenvalue weighted by molar-refractivity contribution is 5.97. The summed E-state index contributed by atoms with van der Waals surface area (Å²) in [5, 5.41) is 40.1. The molecule has 0 radical (unpaired) electrons. The van der Waals surface area contributed by atoms with Gasteiger partial charge in [0, 0.05) is 20.0 Å². The molecule has 0 rings (SSSR count). The molecule has 0 aliphatic rings. The van der Waals surface area contributed by atoms with Gasteiger partial charge in [0.25, 0.3) is 0 Å². The van der Waals surface area contributed by atoms with Gasteiger partial charge in [-0.05, 0) is 37.5 Å². The van der Waals surface area contributed by atoms with Crippen molar-refractivity contribution in [2.24, 2.45) is 34.2 Å². The van der Waals surface area contributed by atoms with E-state index in [0.717, 1.165) is 0 Å². The molecule has 21 nitrogen and oxygen atoms in total. The predicted molar refractivity (Wildman–Crippen MR) is 207 cm³/mol. The lowest BCUT2D eigenvalue weighted by Gasteiger charge is -2.30. The molecule has 320 valence electrons. The average molecular weight is 800 g/mol. The van der Waals surface area contributed by atoms with Crippen molar-refractivity contribution in [3.63, 3.8) is 0 Å². The van der Waals surface area contributed by atoms with Crippen molar-refractivity contribution in [2.75, 3.05) is 32.8 Å². The number of amides is 8. The fourth-order valence-corrected chi connectivity index (χ4v) is 5.12. The fourth-order valence-electron chi connectivity index (χ4n) is 5.12. The van der Waals surface area contributed by atoms with E-state index in [2.05, 4.69) is 47.5 Å². The van der Waals surface area contributed by atoms with E-state index in [4.69, 9.17) is 11.5 Å². The summed E-state index contributed by atoms with van der Waals surface area (Å²) in [5.41, 5.74) is 10.7. The third kappa shape index (κ3) is 18.5. The molecular formula is C35H65N11O10. The Morgan fingerprint density at radius 3 is 1.46 bits per heavy atom. The molecule has 14 N–H and O–H groups in total. The first-order valence-corrected chi connectivity index (χ1v) is 18.9.